The van der Waals surface area contributed by atoms with Gasteiger partial charge in [-0.05, 0) is 50.3 Å². The lowest BCUT2D eigenvalue weighted by molar-refractivity contribution is 0.0366. The number of fused-ring (bicyclic) bond motifs is 3. The Morgan fingerprint density at radius 2 is 2.03 bits per heavy atom. The number of hydrogen-bond acceptors (Lipinski definition) is 4. The third-order valence-corrected chi connectivity index (χ3v) is 5.94. The van der Waals surface area contributed by atoms with Crippen molar-refractivity contribution < 1.29 is 14.3 Å². The first-order chi connectivity index (χ1) is 14.1. The Balaban J connectivity index is 1.75. The van der Waals surface area contributed by atoms with E-state index in [-0.39, 0.29) is 6.10 Å². The highest BCUT2D eigenvalue weighted by molar-refractivity contribution is 6.11. The maximum Gasteiger partial charge on any atom is 0.357 e. The second kappa shape index (κ2) is 8.54. The summed E-state index contributed by atoms with van der Waals surface area (Å²) in [7, 11) is 1.64. The number of aromatic amines is 1. The molecule has 3 aromatic rings. The molecule has 154 valence electrons. The van der Waals surface area contributed by atoms with Gasteiger partial charge in [0.25, 0.3) is 0 Å². The zero-order chi connectivity index (χ0) is 20.4. The number of nitrogens with one attached hydrogen (secondary N) is 1. The van der Waals surface area contributed by atoms with Crippen molar-refractivity contribution in [1.29, 1.82) is 0 Å². The zero-order valence-electron chi connectivity index (χ0n) is 17.6. The normalized spacial score (nSPS) is 15.0. The molecule has 5 nitrogen and oxygen atoms in total. The molecule has 0 radical (unpaired) electrons. The predicted molar refractivity (Wildman–Crippen MR) is 115 cm³/mol. The van der Waals surface area contributed by atoms with Crippen LogP contribution in [-0.4, -0.2) is 29.2 Å². The molecule has 2 aromatic heterocycles. The van der Waals surface area contributed by atoms with Crippen LogP contribution in [0.1, 0.15) is 67.6 Å². The maximum absolute atomic E-state index is 12.6. The summed E-state index contributed by atoms with van der Waals surface area (Å²) in [6.45, 7) is 4.00. The molecular weight excluding hydrogens is 364 g/mol. The van der Waals surface area contributed by atoms with Crippen molar-refractivity contribution in [2.45, 2.75) is 65.1 Å². The summed E-state index contributed by atoms with van der Waals surface area (Å²) in [4.78, 5) is 20.5. The molecule has 0 bridgehead atoms. The van der Waals surface area contributed by atoms with E-state index in [0.717, 1.165) is 39.7 Å². The number of hydrogen-bond donors (Lipinski definition) is 1. The third-order valence-electron chi connectivity index (χ3n) is 5.94. The molecule has 0 amide bonds. The molecule has 0 aliphatic heterocycles. The van der Waals surface area contributed by atoms with E-state index in [1.54, 1.807) is 13.3 Å². The number of rotatable bonds is 7. The average molecular weight is 395 g/mol. The highest BCUT2D eigenvalue weighted by Gasteiger charge is 2.21. The molecule has 0 saturated heterocycles. The first kappa shape index (κ1) is 19.9. The van der Waals surface area contributed by atoms with Gasteiger partial charge in [-0.1, -0.05) is 31.7 Å². The summed E-state index contributed by atoms with van der Waals surface area (Å²) in [5.74, 6) is 0.472. The van der Waals surface area contributed by atoms with Gasteiger partial charge in [-0.15, -0.1) is 0 Å². The van der Waals surface area contributed by atoms with E-state index < -0.39 is 5.97 Å². The molecule has 2 heterocycles. The first-order valence-corrected chi connectivity index (χ1v) is 10.7. The number of methoxy groups -OCH3 is 1. The van der Waals surface area contributed by atoms with Gasteiger partial charge in [-0.3, -0.25) is 0 Å². The van der Waals surface area contributed by atoms with Gasteiger partial charge in [0, 0.05) is 29.0 Å². The number of carbonyl (C=O) groups excluding carboxylic acids is 1. The summed E-state index contributed by atoms with van der Waals surface area (Å²) in [6.07, 6.45) is 9.40. The number of aromatic nitrogens is 2. The molecule has 0 spiro atoms. The van der Waals surface area contributed by atoms with Gasteiger partial charge in [-0.25, -0.2) is 9.78 Å². The van der Waals surface area contributed by atoms with Crippen molar-refractivity contribution in [1.82, 2.24) is 9.97 Å². The molecule has 0 atom stereocenters. The van der Waals surface area contributed by atoms with Crippen molar-refractivity contribution >= 4 is 27.8 Å². The van der Waals surface area contributed by atoms with Crippen LogP contribution in [0, 0.1) is 5.92 Å². The predicted octanol–water partition coefficient (Wildman–Crippen LogP) is 5.55. The standard InChI is InChI=1S/C24H30N2O3/c1-15(2)29-24(27)23-19(14-28-3)22-18-12-17(9-8-16-6-4-5-7-16)10-11-20(18)26-21(22)13-25-23/h10-13,15-16,26H,4-9,14H2,1-3H3. The maximum atomic E-state index is 12.6. The van der Waals surface area contributed by atoms with E-state index in [4.69, 9.17) is 9.47 Å². The van der Waals surface area contributed by atoms with Crippen molar-refractivity contribution in [2.24, 2.45) is 5.92 Å². The van der Waals surface area contributed by atoms with Crippen LogP contribution in [0.4, 0.5) is 0 Å². The number of carbonyl (C=O) groups is 1. The van der Waals surface area contributed by atoms with Crippen molar-refractivity contribution in [3.8, 4) is 0 Å². The summed E-state index contributed by atoms with van der Waals surface area (Å²) >= 11 is 0. The Labute approximate surface area is 171 Å². The third kappa shape index (κ3) is 4.15. The fraction of sp³-hybridized carbons (Fsp3) is 0.500. The lowest BCUT2D eigenvalue weighted by Crippen LogP contribution is -2.15. The minimum atomic E-state index is -0.402. The fourth-order valence-electron chi connectivity index (χ4n) is 4.56. The summed E-state index contributed by atoms with van der Waals surface area (Å²) in [5.41, 5.74) is 4.44. The SMILES string of the molecule is COCc1c(C(=O)OC(C)C)ncc2[nH]c3ccc(CCC4CCCC4)cc3c12. The van der Waals surface area contributed by atoms with Gasteiger partial charge in [0.15, 0.2) is 5.69 Å². The van der Waals surface area contributed by atoms with Crippen LogP contribution < -0.4 is 0 Å². The van der Waals surface area contributed by atoms with Crippen LogP contribution in [0.5, 0.6) is 0 Å². The fourth-order valence-corrected chi connectivity index (χ4v) is 4.56. The van der Waals surface area contributed by atoms with Crippen LogP contribution in [-0.2, 0) is 22.5 Å². The Bertz CT molecular complexity index is 1020. The average Bonchev–Trinajstić information content (AvgIpc) is 3.33. The molecule has 1 aliphatic rings. The molecule has 4 rings (SSSR count). The van der Waals surface area contributed by atoms with Crippen molar-refractivity contribution in [2.75, 3.05) is 7.11 Å². The van der Waals surface area contributed by atoms with E-state index in [9.17, 15) is 4.79 Å². The Hall–Kier alpha value is -2.40. The van der Waals surface area contributed by atoms with Gasteiger partial charge in [0.2, 0.25) is 0 Å². The molecular formula is C24H30N2O3. The summed E-state index contributed by atoms with van der Waals surface area (Å²) in [5, 5.41) is 2.13. The highest BCUT2D eigenvalue weighted by atomic mass is 16.5. The van der Waals surface area contributed by atoms with E-state index in [1.807, 2.05) is 13.8 Å². The monoisotopic (exact) mass is 394 g/mol. The second-order valence-corrected chi connectivity index (χ2v) is 8.46. The van der Waals surface area contributed by atoms with E-state index in [2.05, 4.69) is 28.2 Å². The lowest BCUT2D eigenvalue weighted by atomic mass is 9.97. The van der Waals surface area contributed by atoms with Crippen molar-refractivity contribution in [3.05, 3.63) is 41.2 Å². The van der Waals surface area contributed by atoms with Crippen LogP contribution in [0.3, 0.4) is 0 Å². The van der Waals surface area contributed by atoms with Gasteiger partial charge in [0.05, 0.1) is 24.4 Å². The van der Waals surface area contributed by atoms with Gasteiger partial charge < -0.3 is 14.5 Å². The van der Waals surface area contributed by atoms with Crippen LogP contribution in [0.25, 0.3) is 21.8 Å². The number of nitrogens with zero attached hydrogens (tertiary/aromatic N) is 1. The van der Waals surface area contributed by atoms with Crippen LogP contribution >= 0.6 is 0 Å². The molecule has 29 heavy (non-hydrogen) atoms. The minimum absolute atomic E-state index is 0.194. The zero-order valence-corrected chi connectivity index (χ0v) is 17.6. The number of H-pyrrole nitrogens is 1. The number of pyridine rings is 1. The van der Waals surface area contributed by atoms with E-state index >= 15 is 0 Å². The van der Waals surface area contributed by atoms with Gasteiger partial charge in [0.1, 0.15) is 0 Å². The number of ether oxygens (including phenoxy) is 2. The highest BCUT2D eigenvalue weighted by Crippen LogP contribution is 2.33. The minimum Gasteiger partial charge on any atom is -0.458 e. The van der Waals surface area contributed by atoms with E-state index in [0.29, 0.717) is 12.3 Å². The molecule has 1 fully saturated rings. The Kier molecular flexibility index (Phi) is 5.86. The lowest BCUT2D eigenvalue weighted by Gasteiger charge is -2.12. The first-order valence-electron chi connectivity index (χ1n) is 10.7. The molecule has 0 unspecified atom stereocenters. The number of esters is 1. The quantitative estimate of drug-likeness (QED) is 0.534. The molecule has 1 N–H and O–H groups in total. The van der Waals surface area contributed by atoms with Gasteiger partial charge >= 0.3 is 5.97 Å². The summed E-state index contributed by atoms with van der Waals surface area (Å²) in [6, 6.07) is 6.62. The number of benzene rings is 1. The number of aryl methyl sites for hydroxylation is 1. The molecule has 1 aliphatic carbocycles. The Morgan fingerprint density at radius 1 is 1.24 bits per heavy atom. The molecule has 1 aromatic carbocycles. The molecule has 5 heteroatoms. The van der Waals surface area contributed by atoms with Crippen LogP contribution in [0.15, 0.2) is 24.4 Å². The second-order valence-electron chi connectivity index (χ2n) is 8.46. The van der Waals surface area contributed by atoms with Gasteiger partial charge in [-0.2, -0.15) is 0 Å². The van der Waals surface area contributed by atoms with Crippen molar-refractivity contribution in [3.63, 3.8) is 0 Å². The smallest absolute Gasteiger partial charge is 0.357 e. The Morgan fingerprint density at radius 3 is 2.76 bits per heavy atom. The topological polar surface area (TPSA) is 64.2 Å². The summed E-state index contributed by atoms with van der Waals surface area (Å²) < 4.78 is 10.8. The molecule has 1 saturated carbocycles. The van der Waals surface area contributed by atoms with Crippen LogP contribution in [0.2, 0.25) is 0 Å². The van der Waals surface area contributed by atoms with E-state index in [1.165, 1.54) is 37.7 Å². The largest absolute Gasteiger partial charge is 0.458 e.